The van der Waals surface area contributed by atoms with Crippen molar-refractivity contribution >= 4 is 33.4 Å². The zero-order valence-corrected chi connectivity index (χ0v) is 12.4. The average Bonchev–Trinajstić information content (AvgIpc) is 2.74. The smallest absolute Gasteiger partial charge is 0.272 e. The maximum Gasteiger partial charge on any atom is 0.272 e. The van der Waals surface area contributed by atoms with E-state index in [1.807, 2.05) is 24.3 Å². The summed E-state index contributed by atoms with van der Waals surface area (Å²) >= 11 is 9.09. The number of amides is 1. The highest BCUT2D eigenvalue weighted by Gasteiger charge is 2.17. The molecular formula is C13H12BrClN2O2. The summed E-state index contributed by atoms with van der Waals surface area (Å²) in [5, 5.41) is 4.37. The van der Waals surface area contributed by atoms with E-state index in [9.17, 15) is 4.79 Å². The Morgan fingerprint density at radius 3 is 2.58 bits per heavy atom. The van der Waals surface area contributed by atoms with Crippen molar-refractivity contribution in [3.8, 4) is 0 Å². The number of hydrogen-bond donors (Lipinski definition) is 1. The normalized spacial score (nSPS) is 10.6. The summed E-state index contributed by atoms with van der Waals surface area (Å²) in [4.78, 5) is 11.0. The van der Waals surface area contributed by atoms with Crippen molar-refractivity contribution in [1.29, 1.82) is 0 Å². The minimum atomic E-state index is -0.598. The molecule has 0 radical (unpaired) electrons. The molecule has 0 fully saturated rings. The molecule has 0 saturated carbocycles. The molecule has 100 valence electrons. The molecule has 0 saturated heterocycles. The van der Waals surface area contributed by atoms with Crippen molar-refractivity contribution in [2.45, 2.75) is 19.3 Å². The summed E-state index contributed by atoms with van der Waals surface area (Å²) in [7, 11) is 0. The first kappa shape index (κ1) is 14.1. The monoisotopic (exact) mass is 342 g/mol. The Kier molecular flexibility index (Phi) is 4.61. The van der Waals surface area contributed by atoms with Crippen LogP contribution in [0.5, 0.6) is 0 Å². The molecule has 0 atom stereocenters. The molecule has 0 aliphatic rings. The number of carbonyl (C=O) groups is 1. The Hall–Kier alpha value is -1.33. The van der Waals surface area contributed by atoms with Gasteiger partial charge in [-0.15, -0.1) is 0 Å². The molecule has 19 heavy (non-hydrogen) atoms. The van der Waals surface area contributed by atoms with E-state index in [0.29, 0.717) is 16.7 Å². The lowest BCUT2D eigenvalue weighted by Gasteiger charge is -2.00. The van der Waals surface area contributed by atoms with Gasteiger partial charge >= 0.3 is 0 Å². The summed E-state index contributed by atoms with van der Waals surface area (Å²) in [6.07, 6.45) is 2.47. The van der Waals surface area contributed by atoms with Crippen LogP contribution in [0.15, 0.2) is 33.3 Å². The third kappa shape index (κ3) is 3.58. The number of nitrogens with two attached hydrogens (primary N) is 1. The number of hydrogen-bond acceptors (Lipinski definition) is 3. The van der Waals surface area contributed by atoms with E-state index in [1.165, 1.54) is 5.56 Å². The van der Waals surface area contributed by atoms with Gasteiger partial charge in [-0.3, -0.25) is 4.79 Å². The fraction of sp³-hybridized carbons (Fsp3) is 0.231. The molecule has 1 aromatic carbocycles. The van der Waals surface area contributed by atoms with Gasteiger partial charge in [0.1, 0.15) is 0 Å². The molecular weight excluding hydrogens is 332 g/mol. The van der Waals surface area contributed by atoms with Gasteiger partial charge in [-0.1, -0.05) is 28.9 Å². The summed E-state index contributed by atoms with van der Waals surface area (Å²) in [6, 6.07) is 7.72. The Morgan fingerprint density at radius 2 is 2.00 bits per heavy atom. The number of benzene rings is 1. The van der Waals surface area contributed by atoms with E-state index in [-0.39, 0.29) is 5.69 Å². The highest BCUT2D eigenvalue weighted by Crippen LogP contribution is 2.23. The highest BCUT2D eigenvalue weighted by molar-refractivity contribution is 9.10. The van der Waals surface area contributed by atoms with Crippen LogP contribution in [0.25, 0.3) is 0 Å². The Balaban J connectivity index is 1.92. The fourth-order valence-corrected chi connectivity index (χ4v) is 2.39. The minimum absolute atomic E-state index is 0.140. The van der Waals surface area contributed by atoms with E-state index in [4.69, 9.17) is 21.9 Å². The lowest BCUT2D eigenvalue weighted by atomic mass is 10.1. The van der Waals surface area contributed by atoms with Gasteiger partial charge in [0.2, 0.25) is 0 Å². The van der Waals surface area contributed by atoms with Crippen LogP contribution in [0, 0.1) is 0 Å². The van der Waals surface area contributed by atoms with Crippen LogP contribution in [0.4, 0.5) is 0 Å². The van der Waals surface area contributed by atoms with Gasteiger partial charge in [-0.2, -0.15) is 0 Å². The van der Waals surface area contributed by atoms with E-state index in [0.717, 1.165) is 17.9 Å². The topological polar surface area (TPSA) is 69.1 Å². The summed E-state index contributed by atoms with van der Waals surface area (Å²) in [5.74, 6) is 0.0438. The van der Waals surface area contributed by atoms with Gasteiger partial charge in [0.05, 0.1) is 4.47 Å². The molecule has 6 heteroatoms. The fourth-order valence-electron chi connectivity index (χ4n) is 1.73. The third-order valence-electron chi connectivity index (χ3n) is 2.72. The molecule has 0 spiro atoms. The van der Waals surface area contributed by atoms with Crippen LogP contribution >= 0.6 is 27.5 Å². The SMILES string of the molecule is NC(=O)c1noc(CCCc2ccc(Cl)cc2)c1Br. The van der Waals surface area contributed by atoms with Gasteiger partial charge < -0.3 is 10.3 Å². The maximum atomic E-state index is 11.0. The lowest BCUT2D eigenvalue weighted by molar-refractivity contribution is 0.0991. The Bertz CT molecular complexity index is 581. The van der Waals surface area contributed by atoms with Crippen LogP contribution in [0.3, 0.4) is 0 Å². The number of carbonyl (C=O) groups excluding carboxylic acids is 1. The molecule has 2 rings (SSSR count). The zero-order valence-electron chi connectivity index (χ0n) is 10.0. The molecule has 1 amide bonds. The van der Waals surface area contributed by atoms with Crippen molar-refractivity contribution in [2.24, 2.45) is 5.73 Å². The summed E-state index contributed by atoms with van der Waals surface area (Å²) in [6.45, 7) is 0. The first-order valence-electron chi connectivity index (χ1n) is 5.76. The first-order chi connectivity index (χ1) is 9.08. The first-order valence-corrected chi connectivity index (χ1v) is 6.93. The number of rotatable bonds is 5. The summed E-state index contributed by atoms with van der Waals surface area (Å²) < 4.78 is 5.65. The quantitative estimate of drug-likeness (QED) is 0.905. The van der Waals surface area contributed by atoms with E-state index in [1.54, 1.807) is 0 Å². The van der Waals surface area contributed by atoms with E-state index < -0.39 is 5.91 Å². The van der Waals surface area contributed by atoms with Crippen LogP contribution in [-0.2, 0) is 12.8 Å². The standard InChI is InChI=1S/C13H12BrClN2O2/c14-11-10(19-17-12(11)13(16)18)3-1-2-8-4-6-9(15)7-5-8/h4-7H,1-3H2,(H2,16,18). The largest absolute Gasteiger partial charge is 0.364 e. The molecule has 4 nitrogen and oxygen atoms in total. The van der Waals surface area contributed by atoms with Crippen molar-refractivity contribution in [2.75, 3.05) is 0 Å². The number of nitrogens with zero attached hydrogens (tertiary/aromatic N) is 1. The van der Waals surface area contributed by atoms with Crippen LogP contribution in [-0.4, -0.2) is 11.1 Å². The Labute approximate surface area is 124 Å². The molecule has 0 aliphatic carbocycles. The van der Waals surface area contributed by atoms with E-state index in [2.05, 4.69) is 21.1 Å². The Morgan fingerprint density at radius 1 is 1.32 bits per heavy atom. The number of aryl methyl sites for hydroxylation is 2. The predicted octanol–water partition coefficient (Wildman–Crippen LogP) is 3.36. The van der Waals surface area contributed by atoms with Gasteiger partial charge in [0.25, 0.3) is 5.91 Å². The van der Waals surface area contributed by atoms with Crippen molar-refractivity contribution in [1.82, 2.24) is 5.16 Å². The average molecular weight is 344 g/mol. The molecule has 1 aromatic heterocycles. The lowest BCUT2D eigenvalue weighted by Crippen LogP contribution is -2.11. The molecule has 0 bridgehead atoms. The van der Waals surface area contributed by atoms with Crippen LogP contribution in [0.1, 0.15) is 28.2 Å². The number of halogens is 2. The highest BCUT2D eigenvalue weighted by atomic mass is 79.9. The third-order valence-corrected chi connectivity index (χ3v) is 3.79. The van der Waals surface area contributed by atoms with Crippen molar-refractivity contribution in [3.63, 3.8) is 0 Å². The van der Waals surface area contributed by atoms with Crippen molar-refractivity contribution < 1.29 is 9.32 Å². The van der Waals surface area contributed by atoms with Gasteiger partial charge in [-0.05, 0) is 46.5 Å². The minimum Gasteiger partial charge on any atom is -0.364 e. The predicted molar refractivity (Wildman–Crippen MR) is 76.2 cm³/mol. The number of aromatic nitrogens is 1. The van der Waals surface area contributed by atoms with E-state index >= 15 is 0 Å². The maximum absolute atomic E-state index is 11.0. The second kappa shape index (κ2) is 6.21. The van der Waals surface area contributed by atoms with Gasteiger partial charge in [0.15, 0.2) is 11.5 Å². The zero-order chi connectivity index (χ0) is 13.8. The molecule has 0 unspecified atom stereocenters. The van der Waals surface area contributed by atoms with Gasteiger partial charge in [-0.25, -0.2) is 0 Å². The summed E-state index contributed by atoms with van der Waals surface area (Å²) in [5.41, 5.74) is 6.50. The van der Waals surface area contributed by atoms with Crippen molar-refractivity contribution in [3.05, 3.63) is 50.8 Å². The van der Waals surface area contributed by atoms with Crippen LogP contribution in [0.2, 0.25) is 5.02 Å². The number of primary amides is 1. The van der Waals surface area contributed by atoms with Crippen LogP contribution < -0.4 is 5.73 Å². The second-order valence-corrected chi connectivity index (χ2v) is 5.34. The second-order valence-electron chi connectivity index (χ2n) is 4.11. The molecule has 1 heterocycles. The molecule has 0 aliphatic heterocycles. The molecule has 2 aromatic rings. The van der Waals surface area contributed by atoms with Gasteiger partial charge in [0, 0.05) is 11.4 Å². The molecule has 2 N–H and O–H groups in total.